The molecule has 0 atom stereocenters. The Morgan fingerprint density at radius 3 is 2.29 bits per heavy atom. The first-order valence-corrected chi connectivity index (χ1v) is 8.39. The molecule has 2 aromatic rings. The number of hydrogen-bond donors (Lipinski definition) is 1. The summed E-state index contributed by atoms with van der Waals surface area (Å²) in [5.41, 5.74) is 1.46. The van der Waals surface area contributed by atoms with Gasteiger partial charge in [0.2, 0.25) is 0 Å². The summed E-state index contributed by atoms with van der Waals surface area (Å²) >= 11 is 7.00. The number of rotatable bonds is 3. The summed E-state index contributed by atoms with van der Waals surface area (Å²) in [4.78, 5) is 23.0. The first-order chi connectivity index (χ1) is 11.2. The van der Waals surface area contributed by atoms with Gasteiger partial charge in [0.15, 0.2) is 0 Å². The van der Waals surface area contributed by atoms with E-state index in [-0.39, 0.29) is 21.4 Å². The largest absolute Gasteiger partial charge is 0.315 e. The molecule has 1 amide bonds. The first-order valence-electron chi connectivity index (χ1n) is 7.20. The van der Waals surface area contributed by atoms with Gasteiger partial charge in [-0.2, -0.15) is 0 Å². The summed E-state index contributed by atoms with van der Waals surface area (Å²) in [7, 11) is 0. The van der Waals surface area contributed by atoms with Gasteiger partial charge < -0.3 is 5.32 Å². The predicted molar refractivity (Wildman–Crippen MR) is 98.1 cm³/mol. The Bertz CT molecular complexity index is 770. The van der Waals surface area contributed by atoms with Crippen LogP contribution in [0, 0.1) is 10.1 Å². The molecule has 5 nitrogen and oxygen atoms in total. The Hall–Kier alpha value is -2.05. The van der Waals surface area contributed by atoms with Crippen molar-refractivity contribution in [1.29, 1.82) is 0 Å². The van der Waals surface area contributed by atoms with E-state index in [1.807, 2.05) is 24.3 Å². The summed E-state index contributed by atoms with van der Waals surface area (Å²) in [6.07, 6.45) is 0. The van der Waals surface area contributed by atoms with Crippen molar-refractivity contribution in [3.63, 3.8) is 0 Å². The van der Waals surface area contributed by atoms with E-state index in [2.05, 4.69) is 26.1 Å². The van der Waals surface area contributed by atoms with E-state index < -0.39 is 4.92 Å². The van der Waals surface area contributed by atoms with Gasteiger partial charge in [0.05, 0.1) is 15.6 Å². The molecule has 2 aromatic carbocycles. The lowest BCUT2D eigenvalue weighted by atomic mass is 9.87. The maximum absolute atomic E-state index is 12.1. The molecule has 0 spiro atoms. The second-order valence-electron chi connectivity index (χ2n) is 6.21. The number of carbonyl (C=O) groups is 1. The lowest BCUT2D eigenvalue weighted by Crippen LogP contribution is -2.10. The molecule has 24 heavy (non-hydrogen) atoms. The molecule has 7 heteroatoms. The van der Waals surface area contributed by atoms with Crippen LogP contribution in [0.15, 0.2) is 47.4 Å². The van der Waals surface area contributed by atoms with Gasteiger partial charge in [-0.3, -0.25) is 14.9 Å². The van der Waals surface area contributed by atoms with Crippen molar-refractivity contribution in [1.82, 2.24) is 0 Å². The lowest BCUT2D eigenvalue weighted by Gasteiger charge is -2.18. The number of carbonyl (C=O) groups excluding carboxylic acids is 1. The fourth-order valence-corrected chi connectivity index (χ4v) is 2.85. The van der Waals surface area contributed by atoms with Crippen LogP contribution in [-0.4, -0.2) is 10.2 Å². The van der Waals surface area contributed by atoms with Gasteiger partial charge in [-0.05, 0) is 40.9 Å². The van der Waals surface area contributed by atoms with Gasteiger partial charge >= 0.3 is 0 Å². The number of nitrogens with zero attached hydrogens (tertiary/aromatic N) is 1. The predicted octanol–water partition coefficient (Wildman–Crippen LogP) is 5.87. The zero-order valence-corrected chi connectivity index (χ0v) is 15.1. The van der Waals surface area contributed by atoms with Crippen LogP contribution < -0.4 is 5.32 Å². The van der Waals surface area contributed by atoms with Crippen LogP contribution in [0.1, 0.15) is 26.3 Å². The molecule has 2 rings (SSSR count). The Balaban J connectivity index is 2.04. The second kappa shape index (κ2) is 7.23. The molecule has 0 fully saturated rings. The smallest absolute Gasteiger partial charge is 0.288 e. The van der Waals surface area contributed by atoms with Gasteiger partial charge in [0.25, 0.3) is 10.9 Å². The second-order valence-corrected chi connectivity index (χ2v) is 7.66. The van der Waals surface area contributed by atoms with Crippen LogP contribution >= 0.6 is 23.4 Å². The fraction of sp³-hybridized carbons (Fsp3) is 0.235. The fourth-order valence-electron chi connectivity index (χ4n) is 1.98. The van der Waals surface area contributed by atoms with Gasteiger partial charge in [-0.1, -0.05) is 44.5 Å². The summed E-state index contributed by atoms with van der Waals surface area (Å²) in [5, 5.41) is 13.1. The topological polar surface area (TPSA) is 72.2 Å². The van der Waals surface area contributed by atoms with E-state index >= 15 is 0 Å². The highest BCUT2D eigenvalue weighted by atomic mass is 35.5. The minimum absolute atomic E-state index is 0.0533. The standard InChI is InChI=1S/C17H17ClN2O3S/c1-17(2,3)11-4-7-13(8-5-11)24-16(21)19-15-9-6-12(20(22)23)10-14(15)18/h4-10H,1-3H3,(H,19,21). The number of amides is 1. The molecule has 0 bridgehead atoms. The molecular formula is C17H17ClN2O3S. The summed E-state index contributed by atoms with van der Waals surface area (Å²) < 4.78 is 0. The zero-order valence-electron chi connectivity index (χ0n) is 13.5. The third-order valence-corrected chi connectivity index (χ3v) is 4.44. The number of nitrogens with one attached hydrogen (secondary N) is 1. The Morgan fingerprint density at radius 1 is 1.17 bits per heavy atom. The number of thioether (sulfide) groups is 1. The first kappa shape index (κ1) is 18.3. The van der Waals surface area contributed by atoms with Crippen molar-refractivity contribution in [2.75, 3.05) is 5.32 Å². The van der Waals surface area contributed by atoms with Crippen LogP contribution in [0.4, 0.5) is 16.2 Å². The number of benzene rings is 2. The van der Waals surface area contributed by atoms with Crippen molar-refractivity contribution >= 4 is 40.0 Å². The quantitative estimate of drug-likeness (QED) is 0.420. The molecule has 0 unspecified atom stereocenters. The summed E-state index contributed by atoms with van der Waals surface area (Å²) in [6, 6.07) is 11.7. The van der Waals surface area contributed by atoms with Crippen molar-refractivity contribution in [2.45, 2.75) is 31.1 Å². The zero-order chi connectivity index (χ0) is 17.9. The maximum atomic E-state index is 12.1. The van der Waals surface area contributed by atoms with Crippen LogP contribution in [0.3, 0.4) is 0 Å². The van der Waals surface area contributed by atoms with E-state index in [9.17, 15) is 14.9 Å². The highest BCUT2D eigenvalue weighted by Crippen LogP contribution is 2.30. The Labute approximate surface area is 149 Å². The summed E-state index contributed by atoms with van der Waals surface area (Å²) in [6.45, 7) is 6.37. The summed E-state index contributed by atoms with van der Waals surface area (Å²) in [5.74, 6) is 0. The normalized spacial score (nSPS) is 11.2. The molecule has 126 valence electrons. The molecule has 0 aliphatic rings. The average molecular weight is 365 g/mol. The van der Waals surface area contributed by atoms with E-state index in [4.69, 9.17) is 11.6 Å². The number of hydrogen-bond acceptors (Lipinski definition) is 4. The van der Waals surface area contributed by atoms with Gasteiger partial charge in [0.1, 0.15) is 0 Å². The van der Waals surface area contributed by atoms with E-state index in [0.717, 1.165) is 16.7 Å². The number of nitro groups is 1. The highest BCUT2D eigenvalue weighted by Gasteiger charge is 2.15. The molecule has 0 saturated heterocycles. The van der Waals surface area contributed by atoms with Gasteiger partial charge in [-0.15, -0.1) is 0 Å². The third-order valence-electron chi connectivity index (χ3n) is 3.33. The molecule has 0 aromatic heterocycles. The SMILES string of the molecule is CC(C)(C)c1ccc(SC(=O)Nc2ccc([N+](=O)[O-])cc2Cl)cc1. The van der Waals surface area contributed by atoms with Crippen molar-refractivity contribution < 1.29 is 9.72 Å². The third kappa shape index (κ3) is 4.72. The van der Waals surface area contributed by atoms with Crippen LogP contribution in [0.25, 0.3) is 0 Å². The van der Waals surface area contributed by atoms with Gasteiger partial charge in [0, 0.05) is 17.0 Å². The molecule has 0 heterocycles. The van der Waals surface area contributed by atoms with Crippen molar-refractivity contribution in [3.05, 3.63) is 63.2 Å². The number of nitro benzene ring substituents is 1. The van der Waals surface area contributed by atoms with Crippen molar-refractivity contribution in [3.8, 4) is 0 Å². The number of non-ortho nitro benzene ring substituents is 1. The lowest BCUT2D eigenvalue weighted by molar-refractivity contribution is -0.384. The maximum Gasteiger partial charge on any atom is 0.288 e. The van der Waals surface area contributed by atoms with E-state index in [1.54, 1.807) is 0 Å². The Kier molecular flexibility index (Phi) is 5.51. The number of anilines is 1. The minimum Gasteiger partial charge on any atom is -0.315 e. The monoisotopic (exact) mass is 364 g/mol. The van der Waals surface area contributed by atoms with Crippen molar-refractivity contribution in [2.24, 2.45) is 0 Å². The van der Waals surface area contributed by atoms with Crippen LogP contribution in [0.5, 0.6) is 0 Å². The van der Waals surface area contributed by atoms with Crippen LogP contribution in [-0.2, 0) is 5.41 Å². The Morgan fingerprint density at radius 2 is 1.79 bits per heavy atom. The molecule has 0 aliphatic carbocycles. The van der Waals surface area contributed by atoms with Gasteiger partial charge in [-0.25, -0.2) is 0 Å². The molecule has 1 N–H and O–H groups in total. The van der Waals surface area contributed by atoms with Crippen LogP contribution in [0.2, 0.25) is 5.02 Å². The minimum atomic E-state index is -0.539. The molecule has 0 radical (unpaired) electrons. The van der Waals surface area contributed by atoms with E-state index in [0.29, 0.717) is 5.69 Å². The molecule has 0 aliphatic heterocycles. The molecular weight excluding hydrogens is 348 g/mol. The molecule has 0 saturated carbocycles. The van der Waals surface area contributed by atoms with E-state index in [1.165, 1.54) is 23.8 Å². The highest BCUT2D eigenvalue weighted by molar-refractivity contribution is 8.13. The average Bonchev–Trinajstić information content (AvgIpc) is 2.48. The number of halogens is 1.